The highest BCUT2D eigenvalue weighted by Crippen LogP contribution is 2.43. The third kappa shape index (κ3) is 63.0. The number of carbonyl (C=O) groups is 2. The second-order valence-electron chi connectivity index (χ2n) is 24.0. The Labute approximate surface area is 512 Å². The number of rotatable bonds is 61. The summed E-state index contributed by atoms with van der Waals surface area (Å²) in [5.74, 6) is -0.532. The van der Waals surface area contributed by atoms with Gasteiger partial charge in [-0.05, 0) is 122 Å². The molecule has 9 nitrogen and oxygen atoms in total. The molecule has 478 valence electrons. The smallest absolute Gasteiger partial charge is 0.456 e. The van der Waals surface area contributed by atoms with Gasteiger partial charge in [-0.2, -0.15) is 0 Å². The van der Waals surface area contributed by atoms with Gasteiger partial charge in [-0.1, -0.05) is 265 Å². The Kier molecular flexibility index (Phi) is 59.3. The number of esters is 1. The fraction of sp³-hybridized carbons (Fsp3) is 0.726. The molecule has 83 heavy (non-hydrogen) atoms. The Morgan fingerprint density at radius 3 is 1.12 bits per heavy atom. The van der Waals surface area contributed by atoms with Gasteiger partial charge in [-0.25, -0.2) is 4.57 Å². The number of phosphoric acid groups is 1. The molecule has 3 unspecified atom stereocenters. The zero-order chi connectivity index (χ0) is 60.7. The molecule has 0 aromatic heterocycles. The SMILES string of the molecule is CCCCC/C=C\C/C=C\C/C=C\C/C=C\CCCCCCCCCC(=O)NC(COP(=O)(O)OCC[N+](C)(C)C)C(/C=C/CCCCCCCCCCC)OC(=O)CCCCCCCCC/C=C\C/C=C\C/C=C\C/C=C\CCCCC. The van der Waals surface area contributed by atoms with Crippen LogP contribution in [0.5, 0.6) is 0 Å². The maximum atomic E-state index is 13.6. The van der Waals surface area contributed by atoms with E-state index in [0.717, 1.165) is 122 Å². The molecule has 0 aliphatic rings. The van der Waals surface area contributed by atoms with E-state index >= 15 is 0 Å². The highest BCUT2D eigenvalue weighted by Gasteiger charge is 2.30. The molecule has 0 heterocycles. The first-order valence-corrected chi connectivity index (χ1v) is 35.7. The van der Waals surface area contributed by atoms with Crippen LogP contribution >= 0.6 is 7.82 Å². The topological polar surface area (TPSA) is 111 Å². The predicted octanol–water partition coefficient (Wildman–Crippen LogP) is 21.7. The van der Waals surface area contributed by atoms with Gasteiger partial charge < -0.3 is 19.4 Å². The Morgan fingerprint density at radius 2 is 0.735 bits per heavy atom. The second kappa shape index (κ2) is 61.7. The second-order valence-corrected chi connectivity index (χ2v) is 25.4. The minimum absolute atomic E-state index is 0.0306. The summed E-state index contributed by atoms with van der Waals surface area (Å²) in [7, 11) is 1.47. The molecule has 10 heteroatoms. The number of ether oxygens (including phenoxy) is 1. The quantitative estimate of drug-likeness (QED) is 0.0205. The first kappa shape index (κ1) is 79.7. The summed E-state index contributed by atoms with van der Waals surface area (Å²) in [5.41, 5.74) is 0. The Balaban J connectivity index is 5.16. The molecule has 0 radical (unpaired) electrons. The first-order valence-electron chi connectivity index (χ1n) is 34.2. The number of quaternary nitrogens is 1. The van der Waals surface area contributed by atoms with Crippen molar-refractivity contribution < 1.29 is 37.3 Å². The first-order chi connectivity index (χ1) is 40.4. The van der Waals surface area contributed by atoms with Crippen LogP contribution in [-0.2, 0) is 27.9 Å². The molecule has 0 saturated heterocycles. The summed E-state index contributed by atoms with van der Waals surface area (Å²) in [4.78, 5) is 37.8. The fourth-order valence-corrected chi connectivity index (χ4v) is 10.1. The average molecular weight is 1180 g/mol. The molecule has 3 atom stereocenters. The third-order valence-corrected chi connectivity index (χ3v) is 15.7. The Hall–Kier alpha value is -3.33. The largest absolute Gasteiger partial charge is 0.472 e. The van der Waals surface area contributed by atoms with Crippen LogP contribution in [0.25, 0.3) is 0 Å². The maximum absolute atomic E-state index is 13.6. The molecule has 1 amide bonds. The van der Waals surface area contributed by atoms with Gasteiger partial charge in [0, 0.05) is 12.8 Å². The standard InChI is InChI=1S/C73H129N2O7P/c1-7-10-13-16-19-22-25-27-29-31-33-35-37-39-41-43-45-47-50-53-56-59-62-65-72(76)74-70(69-81-83(78,79)80-68-67-75(4,5)6)71(64-61-58-55-52-49-24-21-18-15-12-9-3)82-73(77)66-63-60-57-54-51-48-46-44-42-40-38-36-34-32-30-28-26-23-20-17-14-11-8-2/h19-20,22-23,27-30,33-36,39-42,61,64,70-71H,7-18,21,24-26,31-32,37-38,43-60,62-63,65-69H2,1-6H3,(H-,74,76,78,79)/p+1/b22-19-,23-20-,29-27-,30-28-,35-33-,36-34-,41-39-,42-40-,64-61+. The number of nitrogens with one attached hydrogen (secondary N) is 1. The van der Waals surface area contributed by atoms with E-state index < -0.39 is 20.0 Å². The van der Waals surface area contributed by atoms with Gasteiger partial charge in [0.05, 0.1) is 33.8 Å². The van der Waals surface area contributed by atoms with Crippen molar-refractivity contribution in [3.05, 3.63) is 109 Å². The molecule has 0 saturated carbocycles. The predicted molar refractivity (Wildman–Crippen MR) is 360 cm³/mol. The monoisotopic (exact) mass is 1180 g/mol. The number of phosphoric ester groups is 1. The van der Waals surface area contributed by atoms with Gasteiger partial charge in [0.15, 0.2) is 0 Å². The van der Waals surface area contributed by atoms with Crippen LogP contribution in [-0.4, -0.2) is 74.3 Å². The van der Waals surface area contributed by atoms with Crippen LogP contribution in [0.2, 0.25) is 0 Å². The highest BCUT2D eigenvalue weighted by atomic mass is 31.2. The van der Waals surface area contributed by atoms with E-state index in [2.05, 4.69) is 123 Å². The number of nitrogens with zero attached hydrogens (tertiary/aromatic N) is 1. The molecule has 2 N–H and O–H groups in total. The van der Waals surface area contributed by atoms with Crippen molar-refractivity contribution in [2.24, 2.45) is 0 Å². The van der Waals surface area contributed by atoms with Crippen LogP contribution in [0.1, 0.15) is 290 Å². The molecule has 0 spiro atoms. The van der Waals surface area contributed by atoms with Gasteiger partial charge in [-0.3, -0.25) is 18.6 Å². The molecule has 0 aromatic carbocycles. The van der Waals surface area contributed by atoms with Crippen LogP contribution in [0.15, 0.2) is 109 Å². The maximum Gasteiger partial charge on any atom is 0.472 e. The van der Waals surface area contributed by atoms with Gasteiger partial charge in [0.1, 0.15) is 19.3 Å². The van der Waals surface area contributed by atoms with Gasteiger partial charge in [-0.15, -0.1) is 0 Å². The normalized spacial score (nSPS) is 14.3. The molecule has 0 bridgehead atoms. The molecule has 0 aliphatic heterocycles. The van der Waals surface area contributed by atoms with Crippen LogP contribution < -0.4 is 5.32 Å². The lowest BCUT2D eigenvalue weighted by molar-refractivity contribution is -0.870. The molecular formula is C73H130N2O7P+. The van der Waals surface area contributed by atoms with E-state index in [-0.39, 0.29) is 31.5 Å². The van der Waals surface area contributed by atoms with Gasteiger partial charge >= 0.3 is 13.8 Å². The lowest BCUT2D eigenvalue weighted by atomic mass is 10.1. The van der Waals surface area contributed by atoms with Crippen LogP contribution in [0.4, 0.5) is 0 Å². The van der Waals surface area contributed by atoms with E-state index in [1.54, 1.807) is 0 Å². The van der Waals surface area contributed by atoms with Crippen LogP contribution in [0, 0.1) is 0 Å². The fourth-order valence-electron chi connectivity index (χ4n) is 9.38. The van der Waals surface area contributed by atoms with Crippen LogP contribution in [0.3, 0.4) is 0 Å². The number of hydrogen-bond acceptors (Lipinski definition) is 6. The third-order valence-electron chi connectivity index (χ3n) is 14.7. The van der Waals surface area contributed by atoms with E-state index in [4.69, 9.17) is 13.8 Å². The number of likely N-dealkylation sites (N-methyl/N-ethyl adjacent to an activating group) is 1. The number of unbranched alkanes of at least 4 members (excludes halogenated alkanes) is 29. The minimum Gasteiger partial charge on any atom is -0.456 e. The zero-order valence-electron chi connectivity index (χ0n) is 54.7. The number of allylic oxidation sites excluding steroid dienone is 17. The van der Waals surface area contributed by atoms with Crippen molar-refractivity contribution >= 4 is 19.7 Å². The number of amides is 1. The summed E-state index contributed by atoms with van der Waals surface area (Å²) in [6, 6.07) is -0.867. The number of carbonyl (C=O) groups excluding carboxylic acids is 2. The number of hydrogen-bond donors (Lipinski definition) is 2. The zero-order valence-corrected chi connectivity index (χ0v) is 55.6. The van der Waals surface area contributed by atoms with Crippen molar-refractivity contribution in [3.63, 3.8) is 0 Å². The van der Waals surface area contributed by atoms with E-state index in [9.17, 15) is 19.0 Å². The summed E-state index contributed by atoms with van der Waals surface area (Å²) < 4.78 is 30.8. The summed E-state index contributed by atoms with van der Waals surface area (Å²) in [6.07, 6.45) is 85.2. The Bertz CT molecular complexity index is 1790. The summed E-state index contributed by atoms with van der Waals surface area (Å²) in [6.45, 7) is 6.94. The average Bonchev–Trinajstić information content (AvgIpc) is 3.51. The van der Waals surface area contributed by atoms with Gasteiger partial charge in [0.2, 0.25) is 5.91 Å². The Morgan fingerprint density at radius 1 is 0.422 bits per heavy atom. The molecule has 0 aromatic rings. The van der Waals surface area contributed by atoms with E-state index in [0.29, 0.717) is 17.4 Å². The van der Waals surface area contributed by atoms with Crippen molar-refractivity contribution in [1.29, 1.82) is 0 Å². The lowest BCUT2D eigenvalue weighted by Gasteiger charge is -2.27. The minimum atomic E-state index is -4.46. The summed E-state index contributed by atoms with van der Waals surface area (Å²) >= 11 is 0. The lowest BCUT2D eigenvalue weighted by Crippen LogP contribution is -2.47. The molecular weight excluding hydrogens is 1050 g/mol. The highest BCUT2D eigenvalue weighted by molar-refractivity contribution is 7.47. The van der Waals surface area contributed by atoms with Crippen molar-refractivity contribution in [3.8, 4) is 0 Å². The summed E-state index contributed by atoms with van der Waals surface area (Å²) in [5, 5.41) is 3.05. The molecule has 0 fully saturated rings. The van der Waals surface area contributed by atoms with Gasteiger partial charge in [0.25, 0.3) is 0 Å². The van der Waals surface area contributed by atoms with E-state index in [1.807, 2.05) is 33.3 Å². The van der Waals surface area contributed by atoms with Crippen molar-refractivity contribution in [2.45, 2.75) is 303 Å². The molecule has 0 rings (SSSR count). The van der Waals surface area contributed by atoms with Crippen molar-refractivity contribution in [2.75, 3.05) is 40.9 Å². The van der Waals surface area contributed by atoms with Crippen molar-refractivity contribution in [1.82, 2.24) is 5.32 Å². The molecule has 0 aliphatic carbocycles. The van der Waals surface area contributed by atoms with E-state index in [1.165, 1.54) is 135 Å².